The average Bonchev–Trinajstić information content (AvgIpc) is 2.36. The Hall–Kier alpha value is -2.37. The maximum atomic E-state index is 12.2. The minimum absolute atomic E-state index is 0.0560. The molecule has 0 spiro atoms. The molecule has 0 unspecified atom stereocenters. The lowest BCUT2D eigenvalue weighted by Gasteiger charge is -2.21. The van der Waals surface area contributed by atoms with Crippen molar-refractivity contribution in [3.63, 3.8) is 0 Å². The van der Waals surface area contributed by atoms with Crippen molar-refractivity contribution in [2.75, 3.05) is 5.32 Å². The van der Waals surface area contributed by atoms with Crippen LogP contribution in [0.15, 0.2) is 24.3 Å². The van der Waals surface area contributed by atoms with E-state index in [9.17, 15) is 14.4 Å². The molecular weight excluding hydrogens is 284 g/mol. The number of carbonyl (C=O) groups excluding carboxylic acids is 2. The summed E-state index contributed by atoms with van der Waals surface area (Å²) in [6.07, 6.45) is 0.304. The molecule has 120 valence electrons. The molecule has 0 saturated carbocycles. The van der Waals surface area contributed by atoms with Crippen LogP contribution in [0.4, 0.5) is 5.69 Å². The van der Waals surface area contributed by atoms with Gasteiger partial charge in [-0.25, -0.2) is 0 Å². The van der Waals surface area contributed by atoms with Gasteiger partial charge < -0.3 is 15.7 Å². The molecule has 0 aliphatic rings. The lowest BCUT2D eigenvalue weighted by Crippen LogP contribution is -2.40. The van der Waals surface area contributed by atoms with Crippen molar-refractivity contribution in [1.29, 1.82) is 0 Å². The number of hydrogen-bond donors (Lipinski definition) is 3. The monoisotopic (exact) mass is 306 g/mol. The Morgan fingerprint density at radius 3 is 2.32 bits per heavy atom. The van der Waals surface area contributed by atoms with E-state index in [-0.39, 0.29) is 36.6 Å². The standard InChI is InChI=1S/C16H22N2O4/c1-16(2,3)18-15(22)11-7-4-5-8-12(11)17-13(19)9-6-10-14(20)21/h4-5,7-8H,6,9-10H2,1-3H3,(H,17,19)(H,18,22)(H,20,21). The van der Waals surface area contributed by atoms with Crippen LogP contribution in [-0.2, 0) is 9.59 Å². The smallest absolute Gasteiger partial charge is 0.303 e. The Kier molecular flexibility index (Phi) is 6.10. The predicted octanol–water partition coefficient (Wildman–Crippen LogP) is 2.41. The zero-order chi connectivity index (χ0) is 16.8. The Labute approximate surface area is 129 Å². The fourth-order valence-electron chi connectivity index (χ4n) is 1.81. The van der Waals surface area contributed by atoms with Gasteiger partial charge in [-0.2, -0.15) is 0 Å². The molecule has 1 rings (SSSR count). The lowest BCUT2D eigenvalue weighted by molar-refractivity contribution is -0.137. The number of benzene rings is 1. The van der Waals surface area contributed by atoms with Crippen molar-refractivity contribution < 1.29 is 19.5 Å². The fourth-order valence-corrected chi connectivity index (χ4v) is 1.81. The molecule has 2 amide bonds. The van der Waals surface area contributed by atoms with Crippen molar-refractivity contribution >= 4 is 23.5 Å². The predicted molar refractivity (Wildman–Crippen MR) is 83.8 cm³/mol. The number of carbonyl (C=O) groups is 3. The summed E-state index contributed by atoms with van der Waals surface area (Å²) in [6, 6.07) is 6.72. The van der Waals surface area contributed by atoms with Gasteiger partial charge in [-0.15, -0.1) is 0 Å². The average molecular weight is 306 g/mol. The van der Waals surface area contributed by atoms with Gasteiger partial charge in [0, 0.05) is 18.4 Å². The van der Waals surface area contributed by atoms with Crippen molar-refractivity contribution in [2.24, 2.45) is 0 Å². The van der Waals surface area contributed by atoms with Crippen LogP contribution >= 0.6 is 0 Å². The Balaban J connectivity index is 2.73. The summed E-state index contributed by atoms with van der Waals surface area (Å²) in [7, 11) is 0. The van der Waals surface area contributed by atoms with E-state index < -0.39 is 5.97 Å². The fraction of sp³-hybridized carbons (Fsp3) is 0.438. The zero-order valence-corrected chi connectivity index (χ0v) is 13.1. The van der Waals surface area contributed by atoms with E-state index >= 15 is 0 Å². The van der Waals surface area contributed by atoms with Crippen molar-refractivity contribution in [1.82, 2.24) is 5.32 Å². The van der Waals surface area contributed by atoms with Crippen molar-refractivity contribution in [3.05, 3.63) is 29.8 Å². The van der Waals surface area contributed by atoms with Gasteiger partial charge in [0.15, 0.2) is 0 Å². The van der Waals surface area contributed by atoms with Gasteiger partial charge in [-0.1, -0.05) is 12.1 Å². The SMILES string of the molecule is CC(C)(C)NC(=O)c1ccccc1NC(=O)CCCC(=O)O. The van der Waals surface area contributed by atoms with Gasteiger partial charge in [0.05, 0.1) is 11.3 Å². The van der Waals surface area contributed by atoms with Crippen molar-refractivity contribution in [3.8, 4) is 0 Å². The van der Waals surface area contributed by atoms with E-state index in [0.29, 0.717) is 11.3 Å². The Bertz CT molecular complexity index is 562. The first-order valence-electron chi connectivity index (χ1n) is 7.12. The molecule has 1 aromatic carbocycles. The third kappa shape index (κ3) is 6.39. The molecular formula is C16H22N2O4. The van der Waals surface area contributed by atoms with Crippen molar-refractivity contribution in [2.45, 2.75) is 45.6 Å². The summed E-state index contributed by atoms with van der Waals surface area (Å²) in [6.45, 7) is 5.62. The van der Waals surface area contributed by atoms with E-state index in [1.807, 2.05) is 20.8 Å². The summed E-state index contributed by atoms with van der Waals surface area (Å²) >= 11 is 0. The first-order valence-corrected chi connectivity index (χ1v) is 7.12. The molecule has 0 radical (unpaired) electrons. The highest BCUT2D eigenvalue weighted by molar-refractivity contribution is 6.04. The number of carboxylic acids is 1. The molecule has 0 aliphatic carbocycles. The number of rotatable bonds is 6. The number of nitrogens with one attached hydrogen (secondary N) is 2. The Morgan fingerprint density at radius 2 is 1.73 bits per heavy atom. The van der Waals surface area contributed by atoms with Crippen LogP contribution in [0.25, 0.3) is 0 Å². The highest BCUT2D eigenvalue weighted by atomic mass is 16.4. The van der Waals surface area contributed by atoms with Crippen LogP contribution in [0.5, 0.6) is 0 Å². The molecule has 3 N–H and O–H groups in total. The molecule has 0 atom stereocenters. The highest BCUT2D eigenvalue weighted by Gasteiger charge is 2.18. The van der Waals surface area contributed by atoms with Gasteiger partial charge in [0.2, 0.25) is 5.91 Å². The third-order valence-corrected chi connectivity index (χ3v) is 2.73. The zero-order valence-electron chi connectivity index (χ0n) is 13.1. The minimum atomic E-state index is -0.933. The number of para-hydroxylation sites is 1. The quantitative estimate of drug-likeness (QED) is 0.752. The summed E-state index contributed by atoms with van der Waals surface area (Å²) in [5, 5.41) is 14.1. The van der Waals surface area contributed by atoms with E-state index in [4.69, 9.17) is 5.11 Å². The van der Waals surface area contributed by atoms with Gasteiger partial charge >= 0.3 is 5.97 Å². The van der Waals surface area contributed by atoms with Crippen LogP contribution in [0.3, 0.4) is 0 Å². The maximum Gasteiger partial charge on any atom is 0.303 e. The first-order chi connectivity index (χ1) is 10.2. The van der Waals surface area contributed by atoms with E-state index in [0.717, 1.165) is 0 Å². The first kappa shape index (κ1) is 17.7. The van der Waals surface area contributed by atoms with E-state index in [1.54, 1.807) is 24.3 Å². The highest BCUT2D eigenvalue weighted by Crippen LogP contribution is 2.17. The molecule has 6 nitrogen and oxygen atoms in total. The van der Waals surface area contributed by atoms with Gasteiger partial charge in [0.1, 0.15) is 0 Å². The lowest BCUT2D eigenvalue weighted by atomic mass is 10.1. The molecule has 0 aromatic heterocycles. The summed E-state index contributed by atoms with van der Waals surface area (Å²) in [4.78, 5) is 34.5. The van der Waals surface area contributed by atoms with E-state index in [2.05, 4.69) is 10.6 Å². The van der Waals surface area contributed by atoms with Crippen LogP contribution in [-0.4, -0.2) is 28.4 Å². The molecule has 0 aliphatic heterocycles. The van der Waals surface area contributed by atoms with Gasteiger partial charge in [0.25, 0.3) is 5.91 Å². The molecule has 6 heteroatoms. The second-order valence-corrected chi connectivity index (χ2v) is 6.05. The molecule has 1 aromatic rings. The second-order valence-electron chi connectivity index (χ2n) is 6.05. The largest absolute Gasteiger partial charge is 0.481 e. The second kappa shape index (κ2) is 7.59. The molecule has 0 bridgehead atoms. The van der Waals surface area contributed by atoms with Crippen LogP contribution in [0, 0.1) is 0 Å². The Morgan fingerprint density at radius 1 is 1.09 bits per heavy atom. The third-order valence-electron chi connectivity index (χ3n) is 2.73. The van der Waals surface area contributed by atoms with Crippen LogP contribution in [0.2, 0.25) is 0 Å². The molecule has 0 saturated heterocycles. The summed E-state index contributed by atoms with van der Waals surface area (Å²) in [5.74, 6) is -1.51. The van der Waals surface area contributed by atoms with Gasteiger partial charge in [-0.3, -0.25) is 14.4 Å². The van der Waals surface area contributed by atoms with Crippen LogP contribution < -0.4 is 10.6 Å². The summed E-state index contributed by atoms with van der Waals surface area (Å²) in [5.41, 5.74) is 0.420. The topological polar surface area (TPSA) is 95.5 Å². The molecule has 0 fully saturated rings. The van der Waals surface area contributed by atoms with E-state index in [1.165, 1.54) is 0 Å². The normalized spacial score (nSPS) is 10.9. The van der Waals surface area contributed by atoms with Gasteiger partial charge in [-0.05, 0) is 39.3 Å². The maximum absolute atomic E-state index is 12.2. The number of hydrogen-bond acceptors (Lipinski definition) is 3. The molecule has 22 heavy (non-hydrogen) atoms. The van der Waals surface area contributed by atoms with Crippen LogP contribution in [0.1, 0.15) is 50.4 Å². The molecule has 0 heterocycles. The number of aliphatic carboxylic acids is 1. The minimum Gasteiger partial charge on any atom is -0.481 e. The number of anilines is 1. The number of carboxylic acid groups (broad SMARTS) is 1. The summed E-state index contributed by atoms with van der Waals surface area (Å²) < 4.78 is 0. The number of amides is 2.